The van der Waals surface area contributed by atoms with Gasteiger partial charge in [0.25, 0.3) is 0 Å². The molecule has 1 aliphatic rings. The summed E-state index contributed by atoms with van der Waals surface area (Å²) in [6.45, 7) is 3.12. The number of rotatable bonds is 3. The van der Waals surface area contributed by atoms with Crippen molar-refractivity contribution in [3.8, 4) is 11.5 Å². The molecule has 122 valence electrons. The van der Waals surface area contributed by atoms with Gasteiger partial charge < -0.3 is 24.7 Å². The van der Waals surface area contributed by atoms with E-state index in [1.54, 1.807) is 18.2 Å². The van der Waals surface area contributed by atoms with Crippen LogP contribution in [0.1, 0.15) is 6.92 Å². The Hall–Kier alpha value is -3.15. The number of nitrogens with zero attached hydrogens (tertiary/aromatic N) is 1. The van der Waals surface area contributed by atoms with Gasteiger partial charge in [0.1, 0.15) is 0 Å². The first-order valence-electron chi connectivity index (χ1n) is 7.80. The van der Waals surface area contributed by atoms with Crippen LogP contribution in [0.4, 0.5) is 16.2 Å². The summed E-state index contributed by atoms with van der Waals surface area (Å²) in [6.07, 6.45) is 1.95. The van der Waals surface area contributed by atoms with Crippen molar-refractivity contribution >= 4 is 28.3 Å². The molecule has 2 N–H and O–H groups in total. The highest BCUT2D eigenvalue weighted by molar-refractivity contribution is 6.06. The first-order chi connectivity index (χ1) is 11.7. The zero-order valence-corrected chi connectivity index (χ0v) is 13.2. The first kappa shape index (κ1) is 14.4. The van der Waals surface area contributed by atoms with Gasteiger partial charge in [-0.25, -0.2) is 4.79 Å². The van der Waals surface area contributed by atoms with Crippen LogP contribution in [0.2, 0.25) is 0 Å². The Kier molecular flexibility index (Phi) is 3.49. The van der Waals surface area contributed by atoms with E-state index in [4.69, 9.17) is 9.47 Å². The molecule has 6 heteroatoms. The maximum atomic E-state index is 12.3. The third-order valence-corrected chi connectivity index (χ3v) is 4.01. The van der Waals surface area contributed by atoms with Crippen molar-refractivity contribution in [2.45, 2.75) is 13.5 Å². The number of aromatic nitrogens is 1. The van der Waals surface area contributed by atoms with Crippen LogP contribution in [0.15, 0.2) is 48.7 Å². The predicted molar refractivity (Wildman–Crippen MR) is 92.8 cm³/mol. The van der Waals surface area contributed by atoms with Gasteiger partial charge in [0.15, 0.2) is 11.5 Å². The van der Waals surface area contributed by atoms with Crippen molar-refractivity contribution in [3.05, 3.63) is 48.7 Å². The molecule has 0 spiro atoms. The summed E-state index contributed by atoms with van der Waals surface area (Å²) in [6, 6.07) is 13.0. The quantitative estimate of drug-likeness (QED) is 0.765. The number of ether oxygens (including phenoxy) is 2. The topological polar surface area (TPSA) is 64.5 Å². The van der Waals surface area contributed by atoms with Crippen molar-refractivity contribution in [3.63, 3.8) is 0 Å². The van der Waals surface area contributed by atoms with Crippen LogP contribution in [0.25, 0.3) is 10.9 Å². The van der Waals surface area contributed by atoms with Gasteiger partial charge >= 0.3 is 6.03 Å². The van der Waals surface area contributed by atoms with E-state index in [1.807, 2.05) is 30.5 Å². The molecule has 24 heavy (non-hydrogen) atoms. The number of urea groups is 1. The zero-order chi connectivity index (χ0) is 16.5. The fraction of sp³-hybridized carbons (Fsp3) is 0.167. The van der Waals surface area contributed by atoms with Crippen LogP contribution in [0.3, 0.4) is 0 Å². The number of anilines is 2. The molecule has 1 aromatic heterocycles. The highest BCUT2D eigenvalue weighted by atomic mass is 16.7. The van der Waals surface area contributed by atoms with Crippen molar-refractivity contribution in [2.24, 2.45) is 0 Å². The minimum Gasteiger partial charge on any atom is -0.454 e. The lowest BCUT2D eigenvalue weighted by atomic mass is 10.2. The standard InChI is InChI=1S/C18H17N3O3/c1-2-21-10-14(13-5-3-4-6-15(13)21)20-18(22)19-12-7-8-16-17(9-12)24-11-23-16/h3-10H,2,11H2,1H3,(H2,19,20,22). The monoisotopic (exact) mass is 323 g/mol. The van der Waals surface area contributed by atoms with E-state index in [9.17, 15) is 4.79 Å². The van der Waals surface area contributed by atoms with Crippen LogP contribution < -0.4 is 20.1 Å². The van der Waals surface area contributed by atoms with E-state index in [1.165, 1.54) is 0 Å². The van der Waals surface area contributed by atoms with Gasteiger partial charge in [0.2, 0.25) is 6.79 Å². The lowest BCUT2D eigenvalue weighted by Gasteiger charge is -2.07. The Labute approximate surface area is 139 Å². The Bertz CT molecular complexity index is 917. The molecule has 2 aromatic carbocycles. The average molecular weight is 323 g/mol. The Morgan fingerprint density at radius 2 is 1.96 bits per heavy atom. The molecule has 3 aromatic rings. The number of hydrogen-bond donors (Lipinski definition) is 2. The Morgan fingerprint density at radius 3 is 2.83 bits per heavy atom. The van der Waals surface area contributed by atoms with E-state index in [0.717, 1.165) is 23.1 Å². The zero-order valence-electron chi connectivity index (χ0n) is 13.2. The van der Waals surface area contributed by atoms with Gasteiger partial charge in [-0.1, -0.05) is 18.2 Å². The summed E-state index contributed by atoms with van der Waals surface area (Å²) in [5.41, 5.74) is 2.53. The van der Waals surface area contributed by atoms with Crippen LogP contribution in [0, 0.1) is 0 Å². The number of carbonyl (C=O) groups excluding carboxylic acids is 1. The number of para-hydroxylation sites is 1. The van der Waals surface area contributed by atoms with E-state index < -0.39 is 0 Å². The smallest absolute Gasteiger partial charge is 0.323 e. The van der Waals surface area contributed by atoms with Crippen LogP contribution in [0.5, 0.6) is 11.5 Å². The molecule has 0 fully saturated rings. The van der Waals surface area contributed by atoms with Crippen LogP contribution >= 0.6 is 0 Å². The van der Waals surface area contributed by atoms with Crippen molar-refractivity contribution < 1.29 is 14.3 Å². The number of aryl methyl sites for hydroxylation is 1. The van der Waals surface area contributed by atoms with Gasteiger partial charge in [-0.15, -0.1) is 0 Å². The normalized spacial score (nSPS) is 12.4. The number of hydrogen-bond acceptors (Lipinski definition) is 3. The molecule has 6 nitrogen and oxygen atoms in total. The summed E-state index contributed by atoms with van der Waals surface area (Å²) in [5.74, 6) is 1.32. The predicted octanol–water partition coefficient (Wildman–Crippen LogP) is 4.03. The van der Waals surface area contributed by atoms with Crippen molar-refractivity contribution in [2.75, 3.05) is 17.4 Å². The van der Waals surface area contributed by atoms with E-state index >= 15 is 0 Å². The summed E-state index contributed by atoms with van der Waals surface area (Å²) in [7, 11) is 0. The highest BCUT2D eigenvalue weighted by Crippen LogP contribution is 2.34. The first-order valence-corrected chi connectivity index (χ1v) is 7.80. The number of fused-ring (bicyclic) bond motifs is 2. The molecule has 4 rings (SSSR count). The molecule has 2 amide bonds. The molecule has 0 atom stereocenters. The number of benzene rings is 2. The fourth-order valence-corrected chi connectivity index (χ4v) is 2.87. The Morgan fingerprint density at radius 1 is 1.12 bits per heavy atom. The molecular formula is C18H17N3O3. The maximum absolute atomic E-state index is 12.3. The van der Waals surface area contributed by atoms with Crippen LogP contribution in [-0.4, -0.2) is 17.4 Å². The van der Waals surface area contributed by atoms with Gasteiger partial charge in [0, 0.05) is 29.9 Å². The average Bonchev–Trinajstić information content (AvgIpc) is 3.19. The number of carbonyl (C=O) groups is 1. The van der Waals surface area contributed by atoms with Crippen molar-refractivity contribution in [1.29, 1.82) is 0 Å². The highest BCUT2D eigenvalue weighted by Gasteiger charge is 2.15. The van der Waals surface area contributed by atoms with Gasteiger partial charge in [0.05, 0.1) is 11.2 Å². The second kappa shape index (κ2) is 5.81. The molecule has 0 saturated heterocycles. The SMILES string of the molecule is CCn1cc(NC(=O)Nc2ccc3c(c2)OCO3)c2ccccc21. The number of amides is 2. The maximum Gasteiger partial charge on any atom is 0.323 e. The van der Waals surface area contributed by atoms with Crippen molar-refractivity contribution in [1.82, 2.24) is 4.57 Å². The molecule has 1 aliphatic heterocycles. The molecule has 0 saturated carbocycles. The summed E-state index contributed by atoms with van der Waals surface area (Å²) in [4.78, 5) is 12.3. The second-order valence-corrected chi connectivity index (χ2v) is 5.49. The summed E-state index contributed by atoms with van der Waals surface area (Å²) in [5, 5.41) is 6.74. The third kappa shape index (κ3) is 2.52. The minimum absolute atomic E-state index is 0.210. The fourth-order valence-electron chi connectivity index (χ4n) is 2.87. The van der Waals surface area contributed by atoms with Gasteiger partial charge in [-0.05, 0) is 25.1 Å². The molecule has 2 heterocycles. The molecular weight excluding hydrogens is 306 g/mol. The van der Waals surface area contributed by atoms with Gasteiger partial charge in [-0.3, -0.25) is 0 Å². The minimum atomic E-state index is -0.298. The van der Waals surface area contributed by atoms with E-state index in [-0.39, 0.29) is 12.8 Å². The lowest BCUT2D eigenvalue weighted by Crippen LogP contribution is -2.19. The van der Waals surface area contributed by atoms with Crippen LogP contribution in [-0.2, 0) is 6.54 Å². The molecule has 0 unspecified atom stereocenters. The summed E-state index contributed by atoms with van der Waals surface area (Å²) >= 11 is 0. The molecule has 0 radical (unpaired) electrons. The largest absolute Gasteiger partial charge is 0.454 e. The van der Waals surface area contributed by atoms with E-state index in [2.05, 4.69) is 22.1 Å². The lowest BCUT2D eigenvalue weighted by molar-refractivity contribution is 0.174. The third-order valence-electron chi connectivity index (χ3n) is 4.01. The molecule has 0 aliphatic carbocycles. The van der Waals surface area contributed by atoms with E-state index in [0.29, 0.717) is 17.2 Å². The molecule has 0 bridgehead atoms. The Balaban J connectivity index is 1.54. The summed E-state index contributed by atoms with van der Waals surface area (Å²) < 4.78 is 12.7. The number of nitrogens with one attached hydrogen (secondary N) is 2. The second-order valence-electron chi connectivity index (χ2n) is 5.49. The van der Waals surface area contributed by atoms with Gasteiger partial charge in [-0.2, -0.15) is 0 Å².